The van der Waals surface area contributed by atoms with Crippen LogP contribution in [0.2, 0.25) is 0 Å². The van der Waals surface area contributed by atoms with Gasteiger partial charge in [0.05, 0.1) is 11.1 Å². The van der Waals surface area contributed by atoms with Gasteiger partial charge in [0.25, 0.3) is 0 Å². The molecule has 0 spiro atoms. The van der Waals surface area contributed by atoms with Crippen molar-refractivity contribution in [1.29, 1.82) is 0 Å². The highest BCUT2D eigenvalue weighted by Gasteiger charge is 2.33. The molecule has 0 radical (unpaired) electrons. The molecule has 3 aliphatic heterocycles. The fourth-order valence-electron chi connectivity index (χ4n) is 4.62. The van der Waals surface area contributed by atoms with Gasteiger partial charge in [-0.3, -0.25) is 9.69 Å². The van der Waals surface area contributed by atoms with E-state index in [0.29, 0.717) is 29.5 Å². The molecule has 5 nitrogen and oxygen atoms in total. The lowest BCUT2D eigenvalue weighted by atomic mass is 9.99. The Morgan fingerprint density at radius 3 is 2.84 bits per heavy atom. The van der Waals surface area contributed by atoms with Crippen molar-refractivity contribution >= 4 is 11.9 Å². The monoisotopic (exact) mass is 417 g/mol. The first-order chi connectivity index (χ1) is 15.0. The maximum absolute atomic E-state index is 13.1. The number of carbonyl (C=O) groups excluding carboxylic acids is 1. The quantitative estimate of drug-likeness (QED) is 0.705. The molecule has 3 heterocycles. The zero-order chi connectivity index (χ0) is 21.5. The van der Waals surface area contributed by atoms with E-state index in [1.54, 1.807) is 18.2 Å². The maximum atomic E-state index is 13.1. The largest absolute Gasteiger partial charge is 0.507 e. The molecule has 1 fully saturated rings. The van der Waals surface area contributed by atoms with E-state index in [1.165, 1.54) is 6.42 Å². The van der Waals surface area contributed by atoms with Gasteiger partial charge in [0, 0.05) is 18.2 Å². The maximum Gasteiger partial charge on any atom is 0.231 e. The van der Waals surface area contributed by atoms with Crippen LogP contribution < -0.4 is 9.47 Å². The van der Waals surface area contributed by atoms with Crippen LogP contribution in [0.25, 0.3) is 6.08 Å². The number of phenolic OH excluding ortho intramolecular Hbond substituents is 1. The van der Waals surface area contributed by atoms with Crippen molar-refractivity contribution in [1.82, 2.24) is 4.90 Å². The van der Waals surface area contributed by atoms with Crippen LogP contribution >= 0.6 is 0 Å². The van der Waals surface area contributed by atoms with E-state index < -0.39 is 0 Å². The molecule has 5 rings (SSSR count). The third kappa shape index (κ3) is 3.63. The summed E-state index contributed by atoms with van der Waals surface area (Å²) in [7, 11) is 0. The standard InChI is InChI=1S/C26H27NO4/c1-16-7-5-6-12-27(16)15-21-22(28)11-10-20-25(29)24(31-26(20)21)14-19-13-18-8-3-4-9-23(18)30-17(19)2/h3-4,8-11,13-14,16-17,28H,5-7,12,15H2,1-2H3/t16-,17+/m0/s1. The fraction of sp³-hybridized carbons (Fsp3) is 0.346. The van der Waals surface area contributed by atoms with Gasteiger partial charge in [0.15, 0.2) is 5.76 Å². The fourth-order valence-corrected chi connectivity index (χ4v) is 4.62. The first-order valence-electron chi connectivity index (χ1n) is 11.0. The van der Waals surface area contributed by atoms with E-state index in [1.807, 2.05) is 37.3 Å². The number of rotatable bonds is 3. The lowest BCUT2D eigenvalue weighted by Crippen LogP contribution is -2.36. The number of phenols is 1. The van der Waals surface area contributed by atoms with E-state index in [4.69, 9.17) is 9.47 Å². The number of ether oxygens (including phenoxy) is 2. The Labute approximate surface area is 182 Å². The normalized spacial score (nSPS) is 24.3. The van der Waals surface area contributed by atoms with Gasteiger partial charge in [-0.15, -0.1) is 0 Å². The number of para-hydroxylation sites is 1. The number of allylic oxidation sites excluding steroid dienone is 1. The van der Waals surface area contributed by atoms with E-state index in [-0.39, 0.29) is 23.4 Å². The van der Waals surface area contributed by atoms with Crippen molar-refractivity contribution in [2.75, 3.05) is 6.54 Å². The van der Waals surface area contributed by atoms with Gasteiger partial charge in [-0.2, -0.15) is 0 Å². The molecule has 0 bridgehead atoms. The van der Waals surface area contributed by atoms with Crippen LogP contribution in [0.4, 0.5) is 0 Å². The van der Waals surface area contributed by atoms with Crippen LogP contribution in [0.1, 0.15) is 54.6 Å². The Morgan fingerprint density at radius 1 is 1.16 bits per heavy atom. The summed E-state index contributed by atoms with van der Waals surface area (Å²) in [6.45, 7) is 5.74. The number of carbonyl (C=O) groups is 1. The minimum Gasteiger partial charge on any atom is -0.507 e. The number of benzene rings is 2. The molecule has 5 heteroatoms. The number of aromatic hydroxyl groups is 1. The molecule has 2 atom stereocenters. The molecule has 160 valence electrons. The van der Waals surface area contributed by atoms with Gasteiger partial charge in [0.2, 0.25) is 5.78 Å². The molecule has 2 aromatic rings. The van der Waals surface area contributed by atoms with Crippen molar-refractivity contribution < 1.29 is 19.4 Å². The van der Waals surface area contributed by atoms with Crippen molar-refractivity contribution in [3.63, 3.8) is 0 Å². The summed E-state index contributed by atoms with van der Waals surface area (Å²) in [6, 6.07) is 11.5. The molecule has 0 aromatic heterocycles. The Kier molecular flexibility index (Phi) is 5.06. The Morgan fingerprint density at radius 2 is 2.00 bits per heavy atom. The summed E-state index contributed by atoms with van der Waals surface area (Å²) < 4.78 is 12.1. The zero-order valence-corrected chi connectivity index (χ0v) is 17.9. The van der Waals surface area contributed by atoms with E-state index >= 15 is 0 Å². The molecule has 3 aliphatic rings. The molecule has 0 unspecified atom stereocenters. The van der Waals surface area contributed by atoms with Crippen molar-refractivity contribution in [2.45, 2.75) is 51.8 Å². The second-order valence-electron chi connectivity index (χ2n) is 8.64. The third-order valence-corrected chi connectivity index (χ3v) is 6.53. The number of likely N-dealkylation sites (tertiary alicyclic amines) is 1. The van der Waals surface area contributed by atoms with Gasteiger partial charge in [-0.25, -0.2) is 0 Å². The predicted octanol–water partition coefficient (Wildman–Crippen LogP) is 5.09. The number of Topliss-reactive ketones (excluding diaryl/α,β-unsaturated/α-hetero) is 1. The van der Waals surface area contributed by atoms with Crippen LogP contribution in [0, 0.1) is 0 Å². The lowest BCUT2D eigenvalue weighted by molar-refractivity contribution is 0.101. The van der Waals surface area contributed by atoms with Gasteiger partial charge in [0.1, 0.15) is 23.4 Å². The molecule has 2 aromatic carbocycles. The first-order valence-corrected chi connectivity index (χ1v) is 11.0. The first kappa shape index (κ1) is 19.9. The number of ketones is 1. The minimum atomic E-state index is -0.190. The SMILES string of the molecule is C[C@H]1Oc2ccccc2C=C1C=C1Oc2c(ccc(O)c2CN2CCCC[C@@H]2C)C1=O. The summed E-state index contributed by atoms with van der Waals surface area (Å²) in [6.07, 6.45) is 7.14. The molecule has 31 heavy (non-hydrogen) atoms. The smallest absolute Gasteiger partial charge is 0.231 e. The van der Waals surface area contributed by atoms with Crippen LogP contribution in [0.3, 0.4) is 0 Å². The van der Waals surface area contributed by atoms with Crippen LogP contribution in [0.15, 0.2) is 53.8 Å². The molecule has 0 aliphatic carbocycles. The molecule has 0 amide bonds. The van der Waals surface area contributed by atoms with Crippen LogP contribution in [0.5, 0.6) is 17.2 Å². The topological polar surface area (TPSA) is 59.0 Å². The van der Waals surface area contributed by atoms with Crippen molar-refractivity contribution in [3.05, 3.63) is 70.5 Å². The highest BCUT2D eigenvalue weighted by molar-refractivity contribution is 6.13. The number of fused-ring (bicyclic) bond motifs is 2. The summed E-state index contributed by atoms with van der Waals surface area (Å²) in [5, 5.41) is 10.6. The average Bonchev–Trinajstić information content (AvgIpc) is 3.07. The molecular formula is C26H27NO4. The Hall–Kier alpha value is -3.05. The van der Waals surface area contributed by atoms with Crippen LogP contribution in [-0.4, -0.2) is 34.5 Å². The zero-order valence-electron chi connectivity index (χ0n) is 17.9. The third-order valence-electron chi connectivity index (χ3n) is 6.53. The molecule has 1 N–H and O–H groups in total. The number of piperidine rings is 1. The highest BCUT2D eigenvalue weighted by Crippen LogP contribution is 2.41. The Balaban J connectivity index is 1.47. The lowest BCUT2D eigenvalue weighted by Gasteiger charge is -2.33. The molecular weight excluding hydrogens is 390 g/mol. The van der Waals surface area contributed by atoms with Crippen molar-refractivity contribution in [3.8, 4) is 17.2 Å². The van der Waals surface area contributed by atoms with E-state index in [9.17, 15) is 9.90 Å². The van der Waals surface area contributed by atoms with Gasteiger partial charge in [-0.1, -0.05) is 24.6 Å². The van der Waals surface area contributed by atoms with E-state index in [0.717, 1.165) is 36.3 Å². The minimum absolute atomic E-state index is 0.157. The molecule has 1 saturated heterocycles. The van der Waals surface area contributed by atoms with E-state index in [2.05, 4.69) is 11.8 Å². The van der Waals surface area contributed by atoms with Crippen LogP contribution in [-0.2, 0) is 6.54 Å². The number of hydrogen-bond donors (Lipinski definition) is 1. The Bertz CT molecular complexity index is 1100. The summed E-state index contributed by atoms with van der Waals surface area (Å²) in [4.78, 5) is 15.4. The predicted molar refractivity (Wildman–Crippen MR) is 119 cm³/mol. The second kappa shape index (κ2) is 7.89. The molecule has 0 saturated carbocycles. The number of hydrogen-bond acceptors (Lipinski definition) is 5. The van der Waals surface area contributed by atoms with Gasteiger partial charge >= 0.3 is 0 Å². The summed E-state index contributed by atoms with van der Waals surface area (Å²) in [5.74, 6) is 1.61. The number of nitrogens with zero attached hydrogens (tertiary/aromatic N) is 1. The summed E-state index contributed by atoms with van der Waals surface area (Å²) in [5.41, 5.74) is 3.06. The highest BCUT2D eigenvalue weighted by atomic mass is 16.5. The second-order valence-corrected chi connectivity index (χ2v) is 8.64. The average molecular weight is 418 g/mol. The van der Waals surface area contributed by atoms with Crippen molar-refractivity contribution in [2.24, 2.45) is 0 Å². The van der Waals surface area contributed by atoms with Gasteiger partial charge in [-0.05, 0) is 69.2 Å². The summed E-state index contributed by atoms with van der Waals surface area (Å²) >= 11 is 0. The van der Waals surface area contributed by atoms with Gasteiger partial charge < -0.3 is 14.6 Å².